The second-order valence-corrected chi connectivity index (χ2v) is 6.49. The first-order chi connectivity index (χ1) is 8.66. The molecule has 0 bridgehead atoms. The molecule has 0 aliphatic rings. The highest BCUT2D eigenvalue weighted by atomic mass is 16.4. The lowest BCUT2D eigenvalue weighted by Gasteiger charge is -2.23. The summed E-state index contributed by atoms with van der Waals surface area (Å²) >= 11 is 0. The molecule has 1 aromatic carbocycles. The number of rotatable bonds is 4. The average Bonchev–Trinajstić information content (AvgIpc) is 2.26. The number of aliphatic carboxylic acids is 1. The zero-order valence-corrected chi connectivity index (χ0v) is 13.0. The predicted molar refractivity (Wildman–Crippen MR) is 79.7 cm³/mol. The molecule has 1 rings (SSSR count). The highest BCUT2D eigenvalue weighted by molar-refractivity contribution is 5.70. The fraction of sp³-hybridized carbons (Fsp3) is 0.588. The van der Waals surface area contributed by atoms with Crippen molar-refractivity contribution in [2.45, 2.75) is 59.8 Å². The lowest BCUT2D eigenvalue weighted by molar-refractivity contribution is -0.141. The summed E-state index contributed by atoms with van der Waals surface area (Å²) in [4.78, 5) is 11.2. The van der Waals surface area contributed by atoms with E-state index in [2.05, 4.69) is 46.8 Å². The standard InChI is InChI=1S/C17H26O2/c1-7-13(16(18)19)10-15-11(2)8-14(9-12(15)3)17(4,5)6/h8-9,13H,7,10H2,1-6H3,(H,18,19). The van der Waals surface area contributed by atoms with Gasteiger partial charge in [0.15, 0.2) is 0 Å². The number of aryl methyl sites for hydroxylation is 2. The zero-order chi connectivity index (χ0) is 14.8. The highest BCUT2D eigenvalue weighted by Gasteiger charge is 2.20. The molecule has 2 heteroatoms. The van der Waals surface area contributed by atoms with Crippen molar-refractivity contribution >= 4 is 5.97 Å². The van der Waals surface area contributed by atoms with Gasteiger partial charge in [-0.05, 0) is 54.4 Å². The first-order valence-electron chi connectivity index (χ1n) is 7.00. The fourth-order valence-electron chi connectivity index (χ4n) is 2.40. The lowest BCUT2D eigenvalue weighted by atomic mass is 9.82. The Morgan fingerprint density at radius 1 is 1.21 bits per heavy atom. The molecule has 0 amide bonds. The van der Waals surface area contributed by atoms with Crippen molar-refractivity contribution in [2.75, 3.05) is 0 Å². The third kappa shape index (κ3) is 3.82. The lowest BCUT2D eigenvalue weighted by Crippen LogP contribution is -2.18. The van der Waals surface area contributed by atoms with E-state index in [0.717, 1.165) is 0 Å². The summed E-state index contributed by atoms with van der Waals surface area (Å²) in [6.07, 6.45) is 1.31. The van der Waals surface area contributed by atoms with E-state index in [1.807, 2.05) is 6.92 Å². The van der Waals surface area contributed by atoms with Crippen molar-refractivity contribution in [1.82, 2.24) is 0 Å². The van der Waals surface area contributed by atoms with Crippen molar-refractivity contribution < 1.29 is 9.90 Å². The van der Waals surface area contributed by atoms with E-state index >= 15 is 0 Å². The summed E-state index contributed by atoms with van der Waals surface area (Å²) in [6, 6.07) is 4.41. The third-order valence-corrected chi connectivity index (χ3v) is 3.85. The van der Waals surface area contributed by atoms with Gasteiger partial charge in [-0.15, -0.1) is 0 Å². The van der Waals surface area contributed by atoms with Crippen molar-refractivity contribution in [3.05, 3.63) is 34.4 Å². The smallest absolute Gasteiger partial charge is 0.306 e. The van der Waals surface area contributed by atoms with Crippen molar-refractivity contribution in [3.63, 3.8) is 0 Å². The van der Waals surface area contributed by atoms with Gasteiger partial charge in [0.05, 0.1) is 5.92 Å². The minimum atomic E-state index is -0.693. The molecule has 1 atom stereocenters. The largest absolute Gasteiger partial charge is 0.481 e. The maximum absolute atomic E-state index is 11.2. The van der Waals surface area contributed by atoms with Gasteiger partial charge in [0.1, 0.15) is 0 Å². The van der Waals surface area contributed by atoms with Gasteiger partial charge in [-0.3, -0.25) is 4.79 Å². The molecule has 0 heterocycles. The molecule has 2 nitrogen and oxygen atoms in total. The molecule has 0 spiro atoms. The van der Waals surface area contributed by atoms with E-state index < -0.39 is 5.97 Å². The zero-order valence-electron chi connectivity index (χ0n) is 13.0. The Labute approximate surface area is 116 Å². The maximum Gasteiger partial charge on any atom is 0.306 e. The Balaban J connectivity index is 3.14. The van der Waals surface area contributed by atoms with Gasteiger partial charge >= 0.3 is 5.97 Å². The van der Waals surface area contributed by atoms with Crippen LogP contribution in [0.1, 0.15) is 56.4 Å². The second-order valence-electron chi connectivity index (χ2n) is 6.49. The van der Waals surface area contributed by atoms with Crippen molar-refractivity contribution in [3.8, 4) is 0 Å². The van der Waals surface area contributed by atoms with Crippen LogP contribution in [0.5, 0.6) is 0 Å². The Hall–Kier alpha value is -1.31. The Bertz CT molecular complexity index is 444. The third-order valence-electron chi connectivity index (χ3n) is 3.85. The molecule has 0 aromatic heterocycles. The molecule has 0 aliphatic carbocycles. The van der Waals surface area contributed by atoms with Gasteiger partial charge in [-0.2, -0.15) is 0 Å². The van der Waals surface area contributed by atoms with Gasteiger partial charge in [0, 0.05) is 0 Å². The number of hydrogen-bond acceptors (Lipinski definition) is 1. The molecule has 0 saturated heterocycles. The summed E-state index contributed by atoms with van der Waals surface area (Å²) in [5, 5.41) is 9.20. The summed E-state index contributed by atoms with van der Waals surface area (Å²) < 4.78 is 0. The summed E-state index contributed by atoms with van der Waals surface area (Å²) in [5.74, 6) is -0.973. The van der Waals surface area contributed by atoms with Crippen LogP contribution in [0.2, 0.25) is 0 Å². The van der Waals surface area contributed by atoms with Gasteiger partial charge in [-0.25, -0.2) is 0 Å². The van der Waals surface area contributed by atoms with E-state index in [4.69, 9.17) is 0 Å². The van der Waals surface area contributed by atoms with Crippen LogP contribution in [0.4, 0.5) is 0 Å². The van der Waals surface area contributed by atoms with E-state index in [1.165, 1.54) is 22.3 Å². The molecule has 0 fully saturated rings. The second kappa shape index (κ2) is 5.77. The number of carbonyl (C=O) groups is 1. The summed E-state index contributed by atoms with van der Waals surface area (Å²) in [5.41, 5.74) is 5.07. The molecule has 106 valence electrons. The Kier molecular flexibility index (Phi) is 4.78. The Morgan fingerprint density at radius 3 is 2.00 bits per heavy atom. The van der Waals surface area contributed by atoms with E-state index in [0.29, 0.717) is 12.8 Å². The predicted octanol–water partition coefficient (Wildman–Crippen LogP) is 4.25. The van der Waals surface area contributed by atoms with Gasteiger partial charge in [-0.1, -0.05) is 39.8 Å². The molecule has 1 aromatic rings. The van der Waals surface area contributed by atoms with Crippen LogP contribution in [-0.2, 0) is 16.6 Å². The molecular formula is C17H26O2. The van der Waals surface area contributed by atoms with E-state index in [-0.39, 0.29) is 11.3 Å². The summed E-state index contributed by atoms with van der Waals surface area (Å²) in [7, 11) is 0. The molecule has 19 heavy (non-hydrogen) atoms. The van der Waals surface area contributed by atoms with E-state index in [1.54, 1.807) is 0 Å². The van der Waals surface area contributed by atoms with Crippen LogP contribution in [0, 0.1) is 19.8 Å². The van der Waals surface area contributed by atoms with Crippen LogP contribution < -0.4 is 0 Å². The molecule has 1 N–H and O–H groups in total. The molecule has 0 radical (unpaired) electrons. The minimum Gasteiger partial charge on any atom is -0.481 e. The molecule has 0 saturated carbocycles. The van der Waals surface area contributed by atoms with Crippen LogP contribution in [0.25, 0.3) is 0 Å². The average molecular weight is 262 g/mol. The van der Waals surface area contributed by atoms with E-state index in [9.17, 15) is 9.90 Å². The van der Waals surface area contributed by atoms with Crippen molar-refractivity contribution in [2.24, 2.45) is 5.92 Å². The van der Waals surface area contributed by atoms with Gasteiger partial charge in [0.2, 0.25) is 0 Å². The van der Waals surface area contributed by atoms with Crippen LogP contribution in [-0.4, -0.2) is 11.1 Å². The molecule has 1 unspecified atom stereocenters. The fourth-order valence-corrected chi connectivity index (χ4v) is 2.40. The van der Waals surface area contributed by atoms with Gasteiger partial charge < -0.3 is 5.11 Å². The first kappa shape index (κ1) is 15.7. The summed E-state index contributed by atoms with van der Waals surface area (Å²) in [6.45, 7) is 12.7. The number of hydrogen-bond donors (Lipinski definition) is 1. The Morgan fingerprint density at radius 2 is 1.68 bits per heavy atom. The number of benzene rings is 1. The van der Waals surface area contributed by atoms with Crippen LogP contribution in [0.15, 0.2) is 12.1 Å². The first-order valence-corrected chi connectivity index (χ1v) is 7.00. The van der Waals surface area contributed by atoms with Crippen molar-refractivity contribution in [1.29, 1.82) is 0 Å². The number of carboxylic acid groups (broad SMARTS) is 1. The topological polar surface area (TPSA) is 37.3 Å². The monoisotopic (exact) mass is 262 g/mol. The maximum atomic E-state index is 11.2. The minimum absolute atomic E-state index is 0.130. The van der Waals surface area contributed by atoms with Crippen LogP contribution >= 0.6 is 0 Å². The number of carboxylic acids is 1. The molecule has 0 aliphatic heterocycles. The SMILES string of the molecule is CCC(Cc1c(C)cc(C(C)(C)C)cc1C)C(=O)O. The quantitative estimate of drug-likeness (QED) is 0.880. The van der Waals surface area contributed by atoms with Gasteiger partial charge in [0.25, 0.3) is 0 Å². The highest BCUT2D eigenvalue weighted by Crippen LogP contribution is 2.28. The molecular weight excluding hydrogens is 236 g/mol. The normalized spacial score (nSPS) is 13.4. The van der Waals surface area contributed by atoms with Crippen LogP contribution in [0.3, 0.4) is 0 Å².